The molecule has 0 aliphatic carbocycles. The van der Waals surface area contributed by atoms with Crippen molar-refractivity contribution in [1.29, 1.82) is 0 Å². The summed E-state index contributed by atoms with van der Waals surface area (Å²) in [6, 6.07) is 15.6. The fraction of sp³-hybridized carbons (Fsp3) is 0.0588. The number of alkyl halides is 3. The molecule has 0 saturated carbocycles. The zero-order valence-electron chi connectivity index (χ0n) is 10.9. The second kappa shape index (κ2) is 4.81. The van der Waals surface area contributed by atoms with E-state index in [4.69, 9.17) is 0 Å². The van der Waals surface area contributed by atoms with E-state index in [-0.39, 0.29) is 5.75 Å². The molecule has 0 saturated heterocycles. The van der Waals surface area contributed by atoms with E-state index in [1.54, 1.807) is 18.2 Å². The highest BCUT2D eigenvalue weighted by Crippen LogP contribution is 2.37. The Labute approximate surface area is 119 Å². The Balaban J connectivity index is 2.10. The summed E-state index contributed by atoms with van der Waals surface area (Å²) in [5, 5.41) is 11.9. The summed E-state index contributed by atoms with van der Waals surface area (Å²) in [7, 11) is 0. The van der Waals surface area contributed by atoms with Crippen molar-refractivity contribution in [3.63, 3.8) is 0 Å². The molecule has 1 nitrogen and oxygen atoms in total. The van der Waals surface area contributed by atoms with Crippen LogP contribution in [0.2, 0.25) is 0 Å². The molecule has 4 heteroatoms. The Bertz CT molecular complexity index is 789. The molecular weight excluding hydrogens is 277 g/mol. The van der Waals surface area contributed by atoms with Crippen LogP contribution in [0.3, 0.4) is 0 Å². The second-order valence-electron chi connectivity index (χ2n) is 4.76. The number of hydrogen-bond acceptors (Lipinski definition) is 1. The van der Waals surface area contributed by atoms with Crippen LogP contribution in [0.25, 0.3) is 21.9 Å². The highest BCUT2D eigenvalue weighted by Gasteiger charge is 2.30. The third-order valence-electron chi connectivity index (χ3n) is 3.42. The number of fused-ring (bicyclic) bond motifs is 1. The van der Waals surface area contributed by atoms with E-state index in [1.807, 2.05) is 18.2 Å². The fourth-order valence-electron chi connectivity index (χ4n) is 2.33. The van der Waals surface area contributed by atoms with Crippen LogP contribution in [0, 0.1) is 0 Å². The van der Waals surface area contributed by atoms with Crippen LogP contribution in [0.4, 0.5) is 13.2 Å². The van der Waals surface area contributed by atoms with Gasteiger partial charge in [-0.25, -0.2) is 0 Å². The lowest BCUT2D eigenvalue weighted by Gasteiger charge is -2.10. The normalized spacial score (nSPS) is 11.8. The average Bonchev–Trinajstić information content (AvgIpc) is 2.47. The van der Waals surface area contributed by atoms with E-state index in [9.17, 15) is 18.3 Å². The van der Waals surface area contributed by atoms with Crippen molar-refractivity contribution in [3.8, 4) is 16.9 Å². The van der Waals surface area contributed by atoms with Crippen LogP contribution in [-0.2, 0) is 6.18 Å². The molecule has 3 rings (SSSR count). The molecule has 0 atom stereocenters. The van der Waals surface area contributed by atoms with Gasteiger partial charge in [-0.1, -0.05) is 48.5 Å². The first-order valence-corrected chi connectivity index (χ1v) is 6.35. The van der Waals surface area contributed by atoms with Gasteiger partial charge in [-0.15, -0.1) is 0 Å². The number of hydrogen-bond donors (Lipinski definition) is 1. The molecule has 106 valence electrons. The van der Waals surface area contributed by atoms with Crippen molar-refractivity contribution < 1.29 is 18.3 Å². The monoisotopic (exact) mass is 288 g/mol. The molecule has 0 unspecified atom stereocenters. The quantitative estimate of drug-likeness (QED) is 0.650. The summed E-state index contributed by atoms with van der Waals surface area (Å²) in [5.41, 5.74) is 0.361. The topological polar surface area (TPSA) is 20.2 Å². The van der Waals surface area contributed by atoms with E-state index in [2.05, 4.69) is 0 Å². The maximum atomic E-state index is 12.6. The Kier molecular flexibility index (Phi) is 3.09. The molecule has 3 aromatic rings. The molecule has 1 N–H and O–H groups in total. The van der Waals surface area contributed by atoms with Gasteiger partial charge in [-0.05, 0) is 23.1 Å². The van der Waals surface area contributed by atoms with Crippen molar-refractivity contribution in [2.45, 2.75) is 6.18 Å². The highest BCUT2D eigenvalue weighted by atomic mass is 19.4. The average molecular weight is 288 g/mol. The molecular formula is C17H11F3O. The maximum absolute atomic E-state index is 12.6. The summed E-state index contributed by atoms with van der Waals surface area (Å²) in [6.45, 7) is 0. The summed E-state index contributed by atoms with van der Waals surface area (Å²) >= 11 is 0. The maximum Gasteiger partial charge on any atom is 0.416 e. The van der Waals surface area contributed by atoms with E-state index >= 15 is 0 Å². The van der Waals surface area contributed by atoms with Crippen molar-refractivity contribution >= 4 is 10.8 Å². The van der Waals surface area contributed by atoms with Gasteiger partial charge in [0.25, 0.3) is 0 Å². The Morgan fingerprint density at radius 3 is 2.10 bits per heavy atom. The van der Waals surface area contributed by atoms with E-state index in [1.165, 1.54) is 12.1 Å². The molecule has 0 heterocycles. The van der Waals surface area contributed by atoms with Crippen LogP contribution in [-0.4, -0.2) is 5.11 Å². The third kappa shape index (κ3) is 2.44. The minimum Gasteiger partial charge on any atom is -0.507 e. The standard InChI is InChI=1S/C17H11F3O/c18-17(19,20)13-8-5-12(6-9-13)15-10-7-11-3-1-2-4-14(11)16(15)21/h1-10,21H. The molecule has 0 amide bonds. The highest BCUT2D eigenvalue weighted by molar-refractivity contribution is 5.94. The summed E-state index contributed by atoms with van der Waals surface area (Å²) < 4.78 is 37.7. The molecule has 0 aliphatic heterocycles. The lowest BCUT2D eigenvalue weighted by molar-refractivity contribution is -0.137. The Morgan fingerprint density at radius 1 is 0.762 bits per heavy atom. The van der Waals surface area contributed by atoms with Gasteiger partial charge in [0, 0.05) is 10.9 Å². The summed E-state index contributed by atoms with van der Waals surface area (Å²) in [5.74, 6) is 0.0767. The van der Waals surface area contributed by atoms with Gasteiger partial charge in [-0.2, -0.15) is 13.2 Å². The predicted octanol–water partition coefficient (Wildman–Crippen LogP) is 5.23. The van der Waals surface area contributed by atoms with Gasteiger partial charge in [-0.3, -0.25) is 0 Å². The van der Waals surface area contributed by atoms with E-state index in [0.717, 1.165) is 17.5 Å². The smallest absolute Gasteiger partial charge is 0.416 e. The number of benzene rings is 3. The van der Waals surface area contributed by atoms with Crippen LogP contribution >= 0.6 is 0 Å². The lowest BCUT2D eigenvalue weighted by atomic mass is 9.99. The van der Waals surface area contributed by atoms with Crippen molar-refractivity contribution in [2.75, 3.05) is 0 Å². The number of halogens is 3. The Hall–Kier alpha value is -2.49. The number of rotatable bonds is 1. The second-order valence-corrected chi connectivity index (χ2v) is 4.76. The minimum atomic E-state index is -4.36. The van der Waals surface area contributed by atoms with Crippen LogP contribution in [0.15, 0.2) is 60.7 Å². The van der Waals surface area contributed by atoms with Crippen molar-refractivity contribution in [2.24, 2.45) is 0 Å². The van der Waals surface area contributed by atoms with E-state index in [0.29, 0.717) is 16.5 Å². The minimum absolute atomic E-state index is 0.0767. The van der Waals surface area contributed by atoms with Crippen LogP contribution < -0.4 is 0 Å². The van der Waals surface area contributed by atoms with Gasteiger partial charge >= 0.3 is 6.18 Å². The number of phenolic OH excluding ortho intramolecular Hbond substituents is 1. The molecule has 0 bridgehead atoms. The van der Waals surface area contributed by atoms with Gasteiger partial charge in [0.2, 0.25) is 0 Å². The summed E-state index contributed by atoms with van der Waals surface area (Å²) in [4.78, 5) is 0. The number of phenols is 1. The Morgan fingerprint density at radius 2 is 1.43 bits per heavy atom. The van der Waals surface area contributed by atoms with Crippen molar-refractivity contribution in [1.82, 2.24) is 0 Å². The SMILES string of the molecule is Oc1c(-c2ccc(C(F)(F)F)cc2)ccc2ccccc12. The molecule has 0 fully saturated rings. The number of aromatic hydroxyl groups is 1. The predicted molar refractivity (Wildman–Crippen MR) is 76.1 cm³/mol. The molecule has 0 aromatic heterocycles. The largest absolute Gasteiger partial charge is 0.507 e. The fourth-order valence-corrected chi connectivity index (χ4v) is 2.33. The van der Waals surface area contributed by atoms with Crippen molar-refractivity contribution in [3.05, 3.63) is 66.2 Å². The van der Waals surface area contributed by atoms with Crippen LogP contribution in [0.1, 0.15) is 5.56 Å². The molecule has 0 aliphatic rings. The molecule has 21 heavy (non-hydrogen) atoms. The first kappa shape index (κ1) is 13.5. The molecule has 0 spiro atoms. The van der Waals surface area contributed by atoms with Crippen LogP contribution in [0.5, 0.6) is 5.75 Å². The lowest BCUT2D eigenvalue weighted by Crippen LogP contribution is -2.03. The van der Waals surface area contributed by atoms with Gasteiger partial charge in [0.1, 0.15) is 5.75 Å². The zero-order chi connectivity index (χ0) is 15.0. The first-order chi connectivity index (χ1) is 9.97. The van der Waals surface area contributed by atoms with Gasteiger partial charge in [0.15, 0.2) is 0 Å². The zero-order valence-corrected chi connectivity index (χ0v) is 10.9. The molecule has 3 aromatic carbocycles. The molecule has 0 radical (unpaired) electrons. The third-order valence-corrected chi connectivity index (χ3v) is 3.42. The summed E-state index contributed by atoms with van der Waals surface area (Å²) in [6.07, 6.45) is -4.36. The van der Waals surface area contributed by atoms with Gasteiger partial charge in [0.05, 0.1) is 5.56 Å². The first-order valence-electron chi connectivity index (χ1n) is 6.35. The van der Waals surface area contributed by atoms with Gasteiger partial charge < -0.3 is 5.11 Å². The van der Waals surface area contributed by atoms with E-state index < -0.39 is 11.7 Å².